The molecule has 0 aromatic heterocycles. The molecule has 0 saturated heterocycles. The number of fused-ring (bicyclic) bond motifs is 1. The van der Waals surface area contributed by atoms with Gasteiger partial charge in [-0.15, -0.1) is 0 Å². The summed E-state index contributed by atoms with van der Waals surface area (Å²) in [5.41, 5.74) is 8.54. The summed E-state index contributed by atoms with van der Waals surface area (Å²) in [6, 6.07) is 15.4. The molecule has 0 amide bonds. The van der Waals surface area contributed by atoms with Crippen molar-refractivity contribution in [2.75, 3.05) is 0 Å². The molecule has 2 aromatic carbocycles. The van der Waals surface area contributed by atoms with Gasteiger partial charge >= 0.3 is 125 Å². The zero-order chi connectivity index (χ0) is 13.4. The molecule has 19 heavy (non-hydrogen) atoms. The van der Waals surface area contributed by atoms with Crippen LogP contribution in [0.1, 0.15) is 34.6 Å². The molecule has 1 aliphatic rings. The van der Waals surface area contributed by atoms with Gasteiger partial charge in [0.15, 0.2) is 0 Å². The van der Waals surface area contributed by atoms with Crippen LogP contribution in [0.15, 0.2) is 48.0 Å². The Kier molecular flexibility index (Phi) is 3.40. The summed E-state index contributed by atoms with van der Waals surface area (Å²) in [6.45, 7) is 4.45. The first-order valence-corrected chi connectivity index (χ1v) is 7.11. The van der Waals surface area contributed by atoms with Gasteiger partial charge in [-0.1, -0.05) is 0 Å². The van der Waals surface area contributed by atoms with Gasteiger partial charge in [-0.05, 0) is 0 Å². The molecule has 2 aromatic rings. The molecule has 0 radical (unpaired) electrons. The van der Waals surface area contributed by atoms with Crippen LogP contribution in [-0.2, 0) is 0 Å². The summed E-state index contributed by atoms with van der Waals surface area (Å²) in [5.74, 6) is 0. The van der Waals surface area contributed by atoms with Crippen LogP contribution in [0.5, 0.6) is 0 Å². The van der Waals surface area contributed by atoms with E-state index in [4.69, 9.17) is 0 Å². The number of benzene rings is 2. The van der Waals surface area contributed by atoms with Crippen molar-refractivity contribution in [3.8, 4) is 11.1 Å². The maximum atomic E-state index is 2.40. The van der Waals surface area contributed by atoms with Gasteiger partial charge in [-0.2, -0.15) is 0 Å². The van der Waals surface area contributed by atoms with Gasteiger partial charge in [0.2, 0.25) is 0 Å². The second kappa shape index (κ2) is 5.04. The third kappa shape index (κ3) is 2.20. The van der Waals surface area contributed by atoms with Crippen molar-refractivity contribution in [2.24, 2.45) is 0 Å². The third-order valence-electron chi connectivity index (χ3n) is 4.20. The molecule has 0 saturated carbocycles. The average Bonchev–Trinajstić information content (AvgIpc) is 2.76. The van der Waals surface area contributed by atoms with Crippen LogP contribution in [0.3, 0.4) is 0 Å². The van der Waals surface area contributed by atoms with Crippen molar-refractivity contribution >= 4 is 23.8 Å². The molecule has 0 heterocycles. The van der Waals surface area contributed by atoms with E-state index in [1.165, 1.54) is 27.8 Å². The molecule has 1 aliphatic carbocycles. The predicted molar refractivity (Wildman–Crippen MR) is 83.4 cm³/mol. The number of allylic oxidation sites excluding steroid dienone is 1. The van der Waals surface area contributed by atoms with E-state index >= 15 is 0 Å². The number of rotatable bonds is 2. The van der Waals surface area contributed by atoms with Crippen molar-refractivity contribution in [1.29, 1.82) is 0 Å². The molecule has 1 unspecified atom stereocenters. The second-order valence-electron chi connectivity index (χ2n) is 5.48. The van der Waals surface area contributed by atoms with Gasteiger partial charge in [-0.3, -0.25) is 0 Å². The summed E-state index contributed by atoms with van der Waals surface area (Å²) in [7, 11) is 0. The number of hydrogen-bond acceptors (Lipinski definition) is 0. The van der Waals surface area contributed by atoms with Crippen LogP contribution in [0.2, 0.25) is 0 Å². The van der Waals surface area contributed by atoms with Crippen LogP contribution in [0.25, 0.3) is 17.2 Å². The summed E-state index contributed by atoms with van der Waals surface area (Å²) in [4.78, 5) is 0. The van der Waals surface area contributed by atoms with Crippen LogP contribution < -0.4 is 0 Å². The third-order valence-corrected chi connectivity index (χ3v) is 4.20. The standard InChI is InChI=1S/C18H17.Li/c1-3-14-11-16-9-13(2)10-17(18(16)12-14)15-7-5-4-6-8-15;/h4-12H,3H2,1-2H3;. The van der Waals surface area contributed by atoms with E-state index in [-0.39, 0.29) is 0 Å². The quantitative estimate of drug-likeness (QED) is 0.669. The van der Waals surface area contributed by atoms with E-state index in [1.54, 1.807) is 5.57 Å². The van der Waals surface area contributed by atoms with E-state index < -0.39 is 0 Å². The van der Waals surface area contributed by atoms with E-state index in [0.29, 0.717) is 4.59 Å². The monoisotopic (exact) mass is 240 g/mol. The van der Waals surface area contributed by atoms with Crippen molar-refractivity contribution in [3.05, 3.63) is 64.7 Å². The Balaban J connectivity index is 2.23. The fraction of sp³-hybridized carbons (Fsp3) is 0.222. The van der Waals surface area contributed by atoms with Gasteiger partial charge in [0, 0.05) is 0 Å². The molecule has 1 atom stereocenters. The van der Waals surface area contributed by atoms with Crippen molar-refractivity contribution in [2.45, 2.75) is 24.9 Å². The molecule has 0 nitrogen and oxygen atoms in total. The molecule has 0 bridgehead atoms. The van der Waals surface area contributed by atoms with Crippen LogP contribution in [0.4, 0.5) is 0 Å². The summed E-state index contributed by atoms with van der Waals surface area (Å²) >= 11 is 2.33. The summed E-state index contributed by atoms with van der Waals surface area (Å²) in [6.07, 6.45) is 3.55. The van der Waals surface area contributed by atoms with E-state index in [0.717, 1.165) is 6.42 Å². The topological polar surface area (TPSA) is 0 Å². The zero-order valence-corrected chi connectivity index (χ0v) is 11.9. The zero-order valence-electron chi connectivity index (χ0n) is 11.9. The first kappa shape index (κ1) is 12.8. The summed E-state index contributed by atoms with van der Waals surface area (Å²) in [5, 5.41) is 0. The number of aryl methyl sites for hydroxylation is 1. The Morgan fingerprint density at radius 1 is 1.11 bits per heavy atom. The average molecular weight is 240 g/mol. The van der Waals surface area contributed by atoms with Crippen molar-refractivity contribution < 1.29 is 0 Å². The van der Waals surface area contributed by atoms with E-state index in [1.807, 2.05) is 0 Å². The Bertz CT molecular complexity index is 638. The molecule has 1 heteroatoms. The minimum absolute atomic E-state index is 0.572. The first-order valence-electron chi connectivity index (χ1n) is 7.11. The molecular formula is C18H17Li. The number of hydrogen-bond donors (Lipinski definition) is 0. The first-order chi connectivity index (χ1) is 9.20. The Morgan fingerprint density at radius 3 is 2.53 bits per heavy atom. The van der Waals surface area contributed by atoms with Gasteiger partial charge < -0.3 is 0 Å². The van der Waals surface area contributed by atoms with Crippen LogP contribution >= 0.6 is 0 Å². The van der Waals surface area contributed by atoms with Crippen LogP contribution in [-0.4, -0.2) is 17.7 Å². The molecule has 0 fully saturated rings. The van der Waals surface area contributed by atoms with E-state index in [2.05, 4.69) is 80.1 Å². The van der Waals surface area contributed by atoms with Gasteiger partial charge in [0.05, 0.1) is 0 Å². The van der Waals surface area contributed by atoms with Crippen molar-refractivity contribution in [3.63, 3.8) is 0 Å². The molecule has 90 valence electrons. The SMILES string of the molecule is [Li][CH]1C(CC)=Cc2c(-c3ccccc3)cc(C)cc21. The maximum absolute atomic E-state index is 2.40. The molecule has 0 aliphatic heterocycles. The van der Waals surface area contributed by atoms with Crippen LogP contribution in [0, 0.1) is 6.92 Å². The van der Waals surface area contributed by atoms with Gasteiger partial charge in [0.1, 0.15) is 0 Å². The molecule has 0 spiro atoms. The second-order valence-corrected chi connectivity index (χ2v) is 5.48. The molecule has 0 N–H and O–H groups in total. The van der Waals surface area contributed by atoms with E-state index in [9.17, 15) is 0 Å². The fourth-order valence-corrected chi connectivity index (χ4v) is 3.12. The van der Waals surface area contributed by atoms with Gasteiger partial charge in [0.25, 0.3) is 0 Å². The predicted octanol–water partition coefficient (Wildman–Crippen LogP) is 4.68. The molecule has 3 rings (SSSR count). The Hall–Kier alpha value is -1.22. The Labute approximate surface area is 124 Å². The summed E-state index contributed by atoms with van der Waals surface area (Å²) < 4.78 is 0.572. The van der Waals surface area contributed by atoms with Crippen molar-refractivity contribution in [1.82, 2.24) is 0 Å². The van der Waals surface area contributed by atoms with Gasteiger partial charge in [-0.25, -0.2) is 0 Å². The molecular weight excluding hydrogens is 223 g/mol. The normalized spacial score (nSPS) is 17.3. The fourth-order valence-electron chi connectivity index (χ4n) is 3.12. The minimum atomic E-state index is 0.572. The Morgan fingerprint density at radius 2 is 1.84 bits per heavy atom.